The Kier molecular flexibility index (Phi) is 6.17. The Morgan fingerprint density at radius 1 is 0.885 bits per heavy atom. The summed E-state index contributed by atoms with van der Waals surface area (Å²) in [5.74, 6) is -0.319. The molecule has 0 radical (unpaired) electrons. The fraction of sp³-hybridized carbons (Fsp3) is 0.143. The van der Waals surface area contributed by atoms with Crippen LogP contribution < -0.4 is 10.6 Å². The van der Waals surface area contributed by atoms with Gasteiger partial charge in [0.15, 0.2) is 0 Å². The van der Waals surface area contributed by atoms with Crippen LogP contribution in [-0.2, 0) is 17.6 Å². The normalized spacial score (nSPS) is 10.3. The van der Waals surface area contributed by atoms with Gasteiger partial charge in [-0.05, 0) is 46.5 Å². The second-order valence-electron chi connectivity index (χ2n) is 5.89. The molecule has 132 valence electrons. The number of benzene rings is 2. The van der Waals surface area contributed by atoms with E-state index in [9.17, 15) is 9.59 Å². The van der Waals surface area contributed by atoms with Gasteiger partial charge in [-0.15, -0.1) is 0 Å². The lowest BCUT2D eigenvalue weighted by Gasteiger charge is -2.11. The average Bonchev–Trinajstić information content (AvgIpc) is 3.16. The van der Waals surface area contributed by atoms with Gasteiger partial charge in [0.25, 0.3) is 5.91 Å². The lowest BCUT2D eigenvalue weighted by atomic mass is 10.1. The lowest BCUT2D eigenvalue weighted by Crippen LogP contribution is -2.27. The first kappa shape index (κ1) is 17.9. The van der Waals surface area contributed by atoms with Gasteiger partial charge >= 0.3 is 0 Å². The standard InChI is InChI=1S/C21H20N2O2S/c24-20(14-17-11-13-26-15-17)23-19-9-5-4-8-18(19)21(25)22-12-10-16-6-2-1-3-7-16/h1-9,11,13,15H,10,12,14H2,(H,22,25)(H,23,24). The minimum atomic E-state index is -0.188. The number of nitrogens with one attached hydrogen (secondary N) is 2. The molecule has 26 heavy (non-hydrogen) atoms. The number of thiophene rings is 1. The Balaban J connectivity index is 1.58. The molecule has 0 bridgehead atoms. The number of anilines is 1. The highest BCUT2D eigenvalue weighted by molar-refractivity contribution is 7.08. The lowest BCUT2D eigenvalue weighted by molar-refractivity contribution is -0.115. The van der Waals surface area contributed by atoms with E-state index in [1.165, 1.54) is 5.56 Å². The fourth-order valence-corrected chi connectivity index (χ4v) is 3.29. The molecular formula is C21H20N2O2S. The van der Waals surface area contributed by atoms with E-state index in [0.29, 0.717) is 24.2 Å². The molecule has 5 heteroatoms. The van der Waals surface area contributed by atoms with Gasteiger partial charge in [0, 0.05) is 6.54 Å². The summed E-state index contributed by atoms with van der Waals surface area (Å²) in [5, 5.41) is 9.65. The summed E-state index contributed by atoms with van der Waals surface area (Å²) in [6.07, 6.45) is 1.06. The summed E-state index contributed by atoms with van der Waals surface area (Å²) in [6.45, 7) is 0.542. The first-order chi connectivity index (χ1) is 12.7. The summed E-state index contributed by atoms with van der Waals surface area (Å²) in [7, 11) is 0. The van der Waals surface area contributed by atoms with Crippen molar-refractivity contribution in [2.75, 3.05) is 11.9 Å². The molecule has 4 nitrogen and oxygen atoms in total. The smallest absolute Gasteiger partial charge is 0.253 e. The molecule has 0 spiro atoms. The maximum absolute atomic E-state index is 12.5. The van der Waals surface area contributed by atoms with Gasteiger partial charge in [-0.3, -0.25) is 9.59 Å². The van der Waals surface area contributed by atoms with Crippen molar-refractivity contribution in [2.45, 2.75) is 12.8 Å². The van der Waals surface area contributed by atoms with E-state index >= 15 is 0 Å². The van der Waals surface area contributed by atoms with Crippen LogP contribution in [0.25, 0.3) is 0 Å². The number of hydrogen-bond donors (Lipinski definition) is 2. The molecule has 2 N–H and O–H groups in total. The maximum Gasteiger partial charge on any atom is 0.253 e. The van der Waals surface area contributed by atoms with Crippen LogP contribution >= 0.6 is 11.3 Å². The van der Waals surface area contributed by atoms with Crippen LogP contribution in [0, 0.1) is 0 Å². The van der Waals surface area contributed by atoms with Crippen molar-refractivity contribution in [1.82, 2.24) is 5.32 Å². The molecule has 1 aromatic heterocycles. The number of para-hydroxylation sites is 1. The summed E-state index contributed by atoms with van der Waals surface area (Å²) >= 11 is 1.56. The highest BCUT2D eigenvalue weighted by Crippen LogP contribution is 2.16. The van der Waals surface area contributed by atoms with Crippen molar-refractivity contribution in [2.24, 2.45) is 0 Å². The van der Waals surface area contributed by atoms with E-state index in [4.69, 9.17) is 0 Å². The number of carbonyl (C=O) groups excluding carboxylic acids is 2. The first-order valence-electron chi connectivity index (χ1n) is 8.44. The van der Waals surface area contributed by atoms with E-state index in [1.807, 2.05) is 47.2 Å². The third kappa shape index (κ3) is 5.04. The monoisotopic (exact) mass is 364 g/mol. The molecule has 0 fully saturated rings. The number of carbonyl (C=O) groups is 2. The average molecular weight is 364 g/mol. The van der Waals surface area contributed by atoms with Gasteiger partial charge in [0.1, 0.15) is 0 Å². The molecule has 2 aromatic carbocycles. The molecule has 3 rings (SSSR count). The molecule has 1 heterocycles. The molecule has 0 unspecified atom stereocenters. The van der Waals surface area contributed by atoms with Crippen LogP contribution in [0.3, 0.4) is 0 Å². The Morgan fingerprint density at radius 3 is 2.42 bits per heavy atom. The number of hydrogen-bond acceptors (Lipinski definition) is 3. The third-order valence-electron chi connectivity index (χ3n) is 3.93. The van der Waals surface area contributed by atoms with Gasteiger partial charge in [-0.1, -0.05) is 42.5 Å². The molecule has 0 aliphatic carbocycles. The highest BCUT2D eigenvalue weighted by atomic mass is 32.1. The summed E-state index contributed by atoms with van der Waals surface area (Å²) < 4.78 is 0. The highest BCUT2D eigenvalue weighted by Gasteiger charge is 2.13. The zero-order valence-corrected chi connectivity index (χ0v) is 15.1. The van der Waals surface area contributed by atoms with E-state index in [0.717, 1.165) is 12.0 Å². The van der Waals surface area contributed by atoms with Crippen molar-refractivity contribution in [3.8, 4) is 0 Å². The fourth-order valence-electron chi connectivity index (χ4n) is 2.62. The minimum Gasteiger partial charge on any atom is -0.352 e. The van der Waals surface area contributed by atoms with E-state index in [2.05, 4.69) is 10.6 Å². The van der Waals surface area contributed by atoms with Crippen LogP contribution in [0.2, 0.25) is 0 Å². The molecule has 0 aliphatic rings. The quantitative estimate of drug-likeness (QED) is 0.668. The Hall–Kier alpha value is -2.92. The van der Waals surface area contributed by atoms with E-state index in [-0.39, 0.29) is 11.8 Å². The molecule has 0 atom stereocenters. The van der Waals surface area contributed by atoms with Gasteiger partial charge in [-0.2, -0.15) is 11.3 Å². The largest absolute Gasteiger partial charge is 0.352 e. The van der Waals surface area contributed by atoms with Crippen molar-refractivity contribution < 1.29 is 9.59 Å². The predicted molar refractivity (Wildman–Crippen MR) is 106 cm³/mol. The van der Waals surface area contributed by atoms with Crippen molar-refractivity contribution in [3.63, 3.8) is 0 Å². The predicted octanol–water partition coefficient (Wildman–Crippen LogP) is 3.90. The topological polar surface area (TPSA) is 58.2 Å². The summed E-state index contributed by atoms with van der Waals surface area (Å²) in [6, 6.07) is 19.0. The van der Waals surface area contributed by atoms with Crippen LogP contribution in [0.1, 0.15) is 21.5 Å². The van der Waals surface area contributed by atoms with Gasteiger partial charge in [-0.25, -0.2) is 0 Å². The van der Waals surface area contributed by atoms with Crippen molar-refractivity contribution in [3.05, 3.63) is 88.1 Å². The summed E-state index contributed by atoms with van der Waals surface area (Å²) in [5.41, 5.74) is 3.15. The van der Waals surface area contributed by atoms with Gasteiger partial charge in [0.2, 0.25) is 5.91 Å². The zero-order chi connectivity index (χ0) is 18.2. The second-order valence-corrected chi connectivity index (χ2v) is 6.67. The Labute approximate surface area is 156 Å². The van der Waals surface area contributed by atoms with Crippen molar-refractivity contribution in [1.29, 1.82) is 0 Å². The molecule has 3 aromatic rings. The number of rotatable bonds is 7. The van der Waals surface area contributed by atoms with Crippen LogP contribution in [0.4, 0.5) is 5.69 Å². The summed E-state index contributed by atoms with van der Waals surface area (Å²) in [4.78, 5) is 24.7. The first-order valence-corrected chi connectivity index (χ1v) is 9.39. The maximum atomic E-state index is 12.5. The van der Waals surface area contributed by atoms with Gasteiger partial charge in [0.05, 0.1) is 17.7 Å². The zero-order valence-electron chi connectivity index (χ0n) is 14.3. The van der Waals surface area contributed by atoms with Crippen LogP contribution in [0.5, 0.6) is 0 Å². The van der Waals surface area contributed by atoms with Crippen LogP contribution in [-0.4, -0.2) is 18.4 Å². The van der Waals surface area contributed by atoms with E-state index in [1.54, 1.807) is 35.6 Å². The van der Waals surface area contributed by atoms with Crippen LogP contribution in [0.15, 0.2) is 71.4 Å². The number of amides is 2. The van der Waals surface area contributed by atoms with Gasteiger partial charge < -0.3 is 10.6 Å². The van der Waals surface area contributed by atoms with E-state index < -0.39 is 0 Å². The molecule has 2 amide bonds. The minimum absolute atomic E-state index is 0.132. The van der Waals surface area contributed by atoms with Crippen molar-refractivity contribution >= 4 is 28.8 Å². The second kappa shape index (κ2) is 8.97. The Morgan fingerprint density at radius 2 is 1.65 bits per heavy atom. The third-order valence-corrected chi connectivity index (χ3v) is 4.66. The molecular weight excluding hydrogens is 344 g/mol. The SMILES string of the molecule is O=C(Cc1ccsc1)Nc1ccccc1C(=O)NCCc1ccccc1. The molecule has 0 saturated heterocycles. The molecule has 0 saturated carbocycles. The molecule has 0 aliphatic heterocycles. The Bertz CT molecular complexity index is 861.